The molecule has 0 radical (unpaired) electrons. The highest BCUT2D eigenvalue weighted by Crippen LogP contribution is 2.47. The van der Waals surface area contributed by atoms with Crippen LogP contribution in [-0.4, -0.2) is 17.1 Å². The van der Waals surface area contributed by atoms with Crippen LogP contribution in [0.5, 0.6) is 23.0 Å². The fraction of sp³-hybridized carbons (Fsp3) is 0.125. The van der Waals surface area contributed by atoms with Gasteiger partial charge in [-0.2, -0.15) is 5.26 Å². The van der Waals surface area contributed by atoms with E-state index in [1.165, 1.54) is 31.4 Å². The van der Waals surface area contributed by atoms with Crippen molar-refractivity contribution in [2.45, 2.75) is 12.5 Å². The second-order valence-electron chi connectivity index (χ2n) is 7.39. The standard InChI is InChI=1S/C24H18ClN3O6/c1-32-21-9-14(22-17-7-6-16(29)10-20(17)34-24(27)18(22)11-26)8-19(25)23(21)33-12-13-2-4-15(5-3-13)28(30)31/h2-10,22,29H,12,27H2,1H3/t22-/m1/s1. The zero-order valence-corrected chi connectivity index (χ0v) is 18.6. The van der Waals surface area contributed by atoms with Gasteiger partial charge in [0.2, 0.25) is 5.88 Å². The molecule has 0 spiro atoms. The Morgan fingerprint density at radius 3 is 2.62 bits per heavy atom. The normalized spacial score (nSPS) is 14.6. The van der Waals surface area contributed by atoms with E-state index in [-0.39, 0.29) is 40.3 Å². The molecular formula is C24H18ClN3O6. The molecule has 1 aliphatic heterocycles. The zero-order valence-electron chi connectivity index (χ0n) is 17.8. The van der Waals surface area contributed by atoms with Crippen molar-refractivity contribution in [1.82, 2.24) is 0 Å². The van der Waals surface area contributed by atoms with E-state index in [9.17, 15) is 20.5 Å². The summed E-state index contributed by atoms with van der Waals surface area (Å²) in [5, 5.41) is 30.6. The molecule has 34 heavy (non-hydrogen) atoms. The van der Waals surface area contributed by atoms with Crippen LogP contribution in [0.4, 0.5) is 5.69 Å². The van der Waals surface area contributed by atoms with E-state index in [1.807, 2.05) is 0 Å². The second-order valence-corrected chi connectivity index (χ2v) is 7.80. The van der Waals surface area contributed by atoms with Gasteiger partial charge in [0.05, 0.1) is 23.0 Å². The lowest BCUT2D eigenvalue weighted by molar-refractivity contribution is -0.384. The van der Waals surface area contributed by atoms with E-state index in [1.54, 1.807) is 30.3 Å². The maximum absolute atomic E-state index is 10.8. The van der Waals surface area contributed by atoms with E-state index >= 15 is 0 Å². The van der Waals surface area contributed by atoms with Crippen LogP contribution in [0.2, 0.25) is 5.02 Å². The van der Waals surface area contributed by atoms with Gasteiger partial charge in [0.25, 0.3) is 5.69 Å². The fourth-order valence-electron chi connectivity index (χ4n) is 3.70. The number of nitrogens with zero attached hydrogens (tertiary/aromatic N) is 2. The smallest absolute Gasteiger partial charge is 0.269 e. The number of aromatic hydroxyl groups is 1. The lowest BCUT2D eigenvalue weighted by Gasteiger charge is -2.27. The number of nitro benzene ring substituents is 1. The number of nitrogens with two attached hydrogens (primary N) is 1. The molecule has 1 atom stereocenters. The van der Waals surface area contributed by atoms with Crippen LogP contribution >= 0.6 is 11.6 Å². The van der Waals surface area contributed by atoms with Gasteiger partial charge in [-0.15, -0.1) is 0 Å². The van der Waals surface area contributed by atoms with Gasteiger partial charge in [-0.05, 0) is 41.5 Å². The predicted octanol–water partition coefficient (Wildman–Crippen LogP) is 4.76. The van der Waals surface area contributed by atoms with E-state index in [2.05, 4.69) is 6.07 Å². The first-order chi connectivity index (χ1) is 16.3. The quantitative estimate of drug-likeness (QED) is 0.380. The van der Waals surface area contributed by atoms with Crippen molar-refractivity contribution in [3.8, 4) is 29.1 Å². The van der Waals surface area contributed by atoms with Gasteiger partial charge >= 0.3 is 0 Å². The number of phenols is 1. The molecule has 0 amide bonds. The molecule has 0 fully saturated rings. The molecule has 0 saturated carbocycles. The topological polar surface area (TPSA) is 141 Å². The summed E-state index contributed by atoms with van der Waals surface area (Å²) in [7, 11) is 1.46. The van der Waals surface area contributed by atoms with Crippen LogP contribution in [0, 0.1) is 21.4 Å². The fourth-order valence-corrected chi connectivity index (χ4v) is 3.98. The molecule has 3 aromatic carbocycles. The van der Waals surface area contributed by atoms with Crippen LogP contribution < -0.4 is 19.9 Å². The number of allylic oxidation sites excluding steroid dienone is 1. The Labute approximate surface area is 199 Å². The minimum atomic E-state index is -0.607. The molecule has 10 heteroatoms. The molecule has 0 aliphatic carbocycles. The van der Waals surface area contributed by atoms with Crippen molar-refractivity contribution in [2.75, 3.05) is 7.11 Å². The number of hydrogen-bond donors (Lipinski definition) is 2. The first kappa shape index (κ1) is 22.8. The summed E-state index contributed by atoms with van der Waals surface area (Å²) in [6, 6.07) is 16.0. The SMILES string of the molecule is COc1cc([C@H]2C(C#N)=C(N)Oc3cc(O)ccc32)cc(Cl)c1OCc1ccc([N+](=O)[O-])cc1. The number of non-ortho nitro benzene ring substituents is 1. The molecule has 3 N–H and O–H groups in total. The highest BCUT2D eigenvalue weighted by Gasteiger charge is 2.32. The molecule has 1 aliphatic rings. The molecule has 0 bridgehead atoms. The highest BCUT2D eigenvalue weighted by atomic mass is 35.5. The molecule has 3 aromatic rings. The molecule has 9 nitrogen and oxygen atoms in total. The van der Waals surface area contributed by atoms with Crippen molar-refractivity contribution < 1.29 is 24.2 Å². The number of ether oxygens (including phenoxy) is 3. The predicted molar refractivity (Wildman–Crippen MR) is 123 cm³/mol. The Balaban J connectivity index is 1.69. The number of rotatable bonds is 6. The third-order valence-corrected chi connectivity index (χ3v) is 5.60. The molecule has 0 aromatic heterocycles. The average Bonchev–Trinajstić information content (AvgIpc) is 2.82. The molecule has 0 unspecified atom stereocenters. The maximum Gasteiger partial charge on any atom is 0.269 e. The summed E-state index contributed by atoms with van der Waals surface area (Å²) >= 11 is 6.55. The van der Waals surface area contributed by atoms with Crippen molar-refractivity contribution in [1.29, 1.82) is 5.26 Å². The third-order valence-electron chi connectivity index (χ3n) is 5.32. The van der Waals surface area contributed by atoms with Gasteiger partial charge in [-0.1, -0.05) is 17.7 Å². The van der Waals surface area contributed by atoms with Crippen molar-refractivity contribution >= 4 is 17.3 Å². The molecule has 172 valence electrons. The number of phenolic OH excluding ortho intramolecular Hbond substituents is 1. The Morgan fingerprint density at radius 2 is 1.97 bits per heavy atom. The van der Waals surface area contributed by atoms with E-state index in [4.69, 9.17) is 31.5 Å². The number of benzene rings is 3. The second kappa shape index (κ2) is 9.21. The lowest BCUT2D eigenvalue weighted by atomic mass is 9.83. The van der Waals surface area contributed by atoms with Crippen molar-refractivity contribution in [2.24, 2.45) is 5.73 Å². The van der Waals surface area contributed by atoms with Gasteiger partial charge < -0.3 is 25.1 Å². The van der Waals surface area contributed by atoms with Crippen LogP contribution in [0.1, 0.15) is 22.6 Å². The largest absolute Gasteiger partial charge is 0.508 e. The minimum absolute atomic E-state index is 0.00341. The number of nitriles is 1. The van der Waals surface area contributed by atoms with Gasteiger partial charge in [0.15, 0.2) is 11.5 Å². The molecule has 4 rings (SSSR count). The number of hydrogen-bond acceptors (Lipinski definition) is 8. The Kier molecular flexibility index (Phi) is 6.17. The highest BCUT2D eigenvalue weighted by molar-refractivity contribution is 6.32. The number of fused-ring (bicyclic) bond motifs is 1. The zero-order chi connectivity index (χ0) is 24.4. The van der Waals surface area contributed by atoms with Crippen LogP contribution in [0.25, 0.3) is 0 Å². The summed E-state index contributed by atoms with van der Waals surface area (Å²) in [4.78, 5) is 10.4. The average molecular weight is 480 g/mol. The third kappa shape index (κ3) is 4.27. The summed E-state index contributed by atoms with van der Waals surface area (Å²) in [5.74, 6) is 0.252. The molecule has 1 heterocycles. The van der Waals surface area contributed by atoms with Crippen LogP contribution in [0.15, 0.2) is 66.1 Å². The van der Waals surface area contributed by atoms with Gasteiger partial charge in [0.1, 0.15) is 29.7 Å². The molecule has 0 saturated heterocycles. The van der Waals surface area contributed by atoms with E-state index < -0.39 is 10.8 Å². The van der Waals surface area contributed by atoms with E-state index in [0.717, 1.165) is 0 Å². The number of nitro groups is 1. The van der Waals surface area contributed by atoms with Crippen LogP contribution in [0.3, 0.4) is 0 Å². The van der Waals surface area contributed by atoms with Crippen molar-refractivity contribution in [3.63, 3.8) is 0 Å². The summed E-state index contributed by atoms with van der Waals surface area (Å²) < 4.78 is 16.9. The summed E-state index contributed by atoms with van der Waals surface area (Å²) in [6.07, 6.45) is 0. The van der Waals surface area contributed by atoms with E-state index in [0.29, 0.717) is 28.2 Å². The van der Waals surface area contributed by atoms with Gasteiger partial charge in [-0.25, -0.2) is 0 Å². The molecular weight excluding hydrogens is 462 g/mol. The van der Waals surface area contributed by atoms with Gasteiger partial charge in [0, 0.05) is 23.8 Å². The Hall–Kier alpha value is -4.42. The minimum Gasteiger partial charge on any atom is -0.508 e. The summed E-state index contributed by atoms with van der Waals surface area (Å²) in [6.45, 7) is 0.100. The number of methoxy groups -OCH3 is 1. The maximum atomic E-state index is 10.8. The summed E-state index contributed by atoms with van der Waals surface area (Å²) in [5.41, 5.74) is 8.09. The van der Waals surface area contributed by atoms with Gasteiger partial charge in [-0.3, -0.25) is 10.1 Å². The van der Waals surface area contributed by atoms with Crippen molar-refractivity contribution in [3.05, 3.63) is 97.9 Å². The first-order valence-electron chi connectivity index (χ1n) is 9.96. The number of halogens is 1. The van der Waals surface area contributed by atoms with Crippen LogP contribution in [-0.2, 0) is 6.61 Å². The Bertz CT molecular complexity index is 1350. The Morgan fingerprint density at radius 1 is 1.24 bits per heavy atom. The lowest BCUT2D eigenvalue weighted by Crippen LogP contribution is -2.21. The monoisotopic (exact) mass is 479 g/mol. The first-order valence-corrected chi connectivity index (χ1v) is 10.3.